The summed E-state index contributed by atoms with van der Waals surface area (Å²) < 4.78 is 7.76. The zero-order valence-corrected chi connectivity index (χ0v) is 21.2. The van der Waals surface area contributed by atoms with Gasteiger partial charge in [0.05, 0.1) is 18.8 Å². The molecule has 0 fully saturated rings. The summed E-state index contributed by atoms with van der Waals surface area (Å²) in [7, 11) is 0. The van der Waals surface area contributed by atoms with Crippen LogP contribution in [-0.4, -0.2) is 27.8 Å². The third-order valence-corrected chi connectivity index (χ3v) is 6.85. The average Bonchev–Trinajstić information content (AvgIpc) is 3.01. The molecule has 7 heteroatoms. The fraction of sp³-hybridized carbons (Fsp3) is 0.172. The van der Waals surface area contributed by atoms with E-state index in [0.717, 1.165) is 22.5 Å². The number of amides is 1. The first-order chi connectivity index (χ1) is 17.4. The first-order valence-corrected chi connectivity index (χ1v) is 12.4. The largest absolute Gasteiger partial charge is 0.484 e. The van der Waals surface area contributed by atoms with Crippen LogP contribution in [0.15, 0.2) is 90.2 Å². The number of aromatic nitrogens is 1. The molecule has 1 aliphatic heterocycles. The number of hydrogen-bond donors (Lipinski definition) is 0. The van der Waals surface area contributed by atoms with Gasteiger partial charge in [-0.1, -0.05) is 47.5 Å². The Balaban J connectivity index is 1.46. The Morgan fingerprint density at radius 1 is 0.972 bits per heavy atom. The van der Waals surface area contributed by atoms with Crippen LogP contribution < -0.4 is 4.74 Å². The van der Waals surface area contributed by atoms with Crippen molar-refractivity contribution >= 4 is 34.9 Å². The second-order valence-corrected chi connectivity index (χ2v) is 9.62. The van der Waals surface area contributed by atoms with Crippen LogP contribution in [0.1, 0.15) is 33.7 Å². The van der Waals surface area contributed by atoms with Crippen molar-refractivity contribution in [1.29, 1.82) is 0 Å². The third kappa shape index (κ3) is 4.90. The molecule has 36 heavy (non-hydrogen) atoms. The highest BCUT2D eigenvalue weighted by molar-refractivity contribution is 6.31. The lowest BCUT2D eigenvalue weighted by Gasteiger charge is -2.24. The van der Waals surface area contributed by atoms with E-state index in [-0.39, 0.29) is 18.3 Å². The normalized spacial score (nSPS) is 14.7. The minimum atomic E-state index is -0.167. The molecule has 182 valence electrons. The Morgan fingerprint density at radius 2 is 1.75 bits per heavy atom. The van der Waals surface area contributed by atoms with E-state index in [1.54, 1.807) is 47.4 Å². The standard InChI is InChI=1S/C29H24Cl2N2O3/c1-19-15-22(31)9-13-25(19)29(35)27-14-10-23-17-33(26-6-4-2-3-5-20(26)16-32(23)27)28(34)18-36-24-11-7-21(30)8-12-24/h2-3,5-15H,4,16-18H2,1H3. The number of aryl methyl sites for hydroxylation is 1. The number of carbonyl (C=O) groups excluding carboxylic acids is 2. The second kappa shape index (κ2) is 10.2. The molecule has 1 amide bonds. The van der Waals surface area contributed by atoms with Gasteiger partial charge in [0.2, 0.25) is 5.78 Å². The number of rotatable bonds is 5. The van der Waals surface area contributed by atoms with Crippen molar-refractivity contribution in [3.8, 4) is 5.75 Å². The fourth-order valence-corrected chi connectivity index (χ4v) is 4.88. The second-order valence-electron chi connectivity index (χ2n) is 8.75. The molecule has 0 radical (unpaired) electrons. The minimum absolute atomic E-state index is 0.0726. The van der Waals surface area contributed by atoms with E-state index >= 15 is 0 Å². The van der Waals surface area contributed by atoms with Crippen molar-refractivity contribution in [1.82, 2.24) is 9.47 Å². The summed E-state index contributed by atoms with van der Waals surface area (Å²) in [6, 6.07) is 16.0. The Kier molecular flexibility index (Phi) is 6.86. The first kappa shape index (κ1) is 24.2. The topological polar surface area (TPSA) is 51.5 Å². The number of hydrogen-bond acceptors (Lipinski definition) is 3. The molecular weight excluding hydrogens is 495 g/mol. The zero-order chi connectivity index (χ0) is 25.2. The van der Waals surface area contributed by atoms with Gasteiger partial charge in [-0.3, -0.25) is 9.59 Å². The summed E-state index contributed by atoms with van der Waals surface area (Å²) in [6.07, 6.45) is 8.80. The fourth-order valence-electron chi connectivity index (χ4n) is 4.52. The lowest BCUT2D eigenvalue weighted by molar-refractivity contribution is -0.131. The number of halogens is 2. The van der Waals surface area contributed by atoms with Crippen molar-refractivity contribution in [3.05, 3.63) is 123 Å². The van der Waals surface area contributed by atoms with Gasteiger partial charge in [-0.2, -0.15) is 0 Å². The first-order valence-electron chi connectivity index (χ1n) is 11.6. The third-order valence-electron chi connectivity index (χ3n) is 6.36. The van der Waals surface area contributed by atoms with E-state index in [1.165, 1.54) is 0 Å². The van der Waals surface area contributed by atoms with Gasteiger partial charge < -0.3 is 14.2 Å². The molecule has 3 aromatic rings. The van der Waals surface area contributed by atoms with E-state index in [0.29, 0.717) is 46.6 Å². The van der Waals surface area contributed by atoms with Crippen molar-refractivity contribution in [2.24, 2.45) is 0 Å². The molecule has 5 rings (SSSR count). The van der Waals surface area contributed by atoms with E-state index in [4.69, 9.17) is 27.9 Å². The maximum atomic E-state index is 13.5. The van der Waals surface area contributed by atoms with Gasteiger partial charge in [-0.25, -0.2) is 0 Å². The Labute approximate surface area is 219 Å². The monoisotopic (exact) mass is 518 g/mol. The van der Waals surface area contributed by atoms with Crippen LogP contribution in [0, 0.1) is 6.92 Å². The van der Waals surface area contributed by atoms with Gasteiger partial charge in [0.1, 0.15) is 5.75 Å². The Morgan fingerprint density at radius 3 is 2.53 bits per heavy atom. The van der Waals surface area contributed by atoms with Gasteiger partial charge >= 0.3 is 0 Å². The van der Waals surface area contributed by atoms with Crippen molar-refractivity contribution in [3.63, 3.8) is 0 Å². The highest BCUT2D eigenvalue weighted by atomic mass is 35.5. The number of fused-ring (bicyclic) bond motifs is 2. The number of ether oxygens (including phenoxy) is 1. The average molecular weight is 519 g/mol. The van der Waals surface area contributed by atoms with Crippen LogP contribution in [0.4, 0.5) is 0 Å². The van der Waals surface area contributed by atoms with E-state index in [1.807, 2.05) is 47.9 Å². The van der Waals surface area contributed by atoms with Crippen LogP contribution >= 0.6 is 23.2 Å². The molecule has 2 aliphatic rings. The van der Waals surface area contributed by atoms with Crippen LogP contribution in [0.25, 0.3) is 0 Å². The number of nitrogens with zero attached hydrogens (tertiary/aromatic N) is 2. The highest BCUT2D eigenvalue weighted by Crippen LogP contribution is 2.30. The van der Waals surface area contributed by atoms with E-state index in [2.05, 4.69) is 0 Å². The lowest BCUT2D eigenvalue weighted by atomic mass is 10.0. The SMILES string of the molecule is Cc1cc(Cl)ccc1C(=O)c1ccc2n1CC1=CC=CCC=C1N(C(=O)COc1ccc(Cl)cc1)C2. The van der Waals surface area contributed by atoms with Gasteiger partial charge in [0, 0.05) is 27.0 Å². The van der Waals surface area contributed by atoms with Crippen LogP contribution in [0.2, 0.25) is 10.0 Å². The molecular formula is C29H24Cl2N2O3. The predicted octanol–water partition coefficient (Wildman–Crippen LogP) is 6.53. The van der Waals surface area contributed by atoms with Crippen LogP contribution in [0.5, 0.6) is 5.75 Å². The molecule has 0 bridgehead atoms. The summed E-state index contributed by atoms with van der Waals surface area (Å²) in [4.78, 5) is 28.7. The van der Waals surface area contributed by atoms with Gasteiger partial charge in [0.15, 0.2) is 6.61 Å². The summed E-state index contributed by atoms with van der Waals surface area (Å²) in [5.41, 5.74) is 4.69. The van der Waals surface area contributed by atoms with Crippen LogP contribution in [-0.2, 0) is 17.9 Å². The van der Waals surface area contributed by atoms with Crippen molar-refractivity contribution in [2.45, 2.75) is 26.4 Å². The lowest BCUT2D eigenvalue weighted by Crippen LogP contribution is -2.34. The summed E-state index contributed by atoms with van der Waals surface area (Å²) >= 11 is 12.1. The molecule has 0 saturated carbocycles. The predicted molar refractivity (Wildman–Crippen MR) is 141 cm³/mol. The van der Waals surface area contributed by atoms with E-state index in [9.17, 15) is 9.59 Å². The summed E-state index contributed by atoms with van der Waals surface area (Å²) in [6.45, 7) is 2.58. The quantitative estimate of drug-likeness (QED) is 0.361. The highest BCUT2D eigenvalue weighted by Gasteiger charge is 2.29. The molecule has 0 saturated heterocycles. The van der Waals surface area contributed by atoms with Gasteiger partial charge in [-0.15, -0.1) is 0 Å². The summed E-state index contributed by atoms with van der Waals surface area (Å²) in [5, 5.41) is 1.20. The maximum Gasteiger partial charge on any atom is 0.265 e. The van der Waals surface area contributed by atoms with Crippen molar-refractivity contribution < 1.29 is 14.3 Å². The number of carbonyl (C=O) groups is 2. The van der Waals surface area contributed by atoms with Gasteiger partial charge in [0.25, 0.3) is 5.91 Å². The maximum absolute atomic E-state index is 13.5. The minimum Gasteiger partial charge on any atom is -0.484 e. The van der Waals surface area contributed by atoms with Gasteiger partial charge in [-0.05, 0) is 79.1 Å². The molecule has 0 spiro atoms. The number of benzene rings is 2. The number of allylic oxidation sites excluding steroid dienone is 5. The van der Waals surface area contributed by atoms with Crippen LogP contribution in [0.3, 0.4) is 0 Å². The van der Waals surface area contributed by atoms with E-state index < -0.39 is 0 Å². The molecule has 1 aliphatic carbocycles. The zero-order valence-electron chi connectivity index (χ0n) is 19.7. The summed E-state index contributed by atoms with van der Waals surface area (Å²) in [5.74, 6) is 0.334. The molecule has 0 N–H and O–H groups in total. The molecule has 2 heterocycles. The molecule has 5 nitrogen and oxygen atoms in total. The molecule has 0 unspecified atom stereocenters. The smallest absolute Gasteiger partial charge is 0.265 e. The molecule has 1 aromatic heterocycles. The number of ketones is 1. The molecule has 0 atom stereocenters. The Hall–Kier alpha value is -3.54. The Bertz CT molecular complexity index is 1430. The molecule has 2 aromatic carbocycles. The van der Waals surface area contributed by atoms with Crippen molar-refractivity contribution in [2.75, 3.05) is 6.61 Å².